The second-order valence-electron chi connectivity index (χ2n) is 3.97. The first-order valence-electron chi connectivity index (χ1n) is 5.68. The lowest BCUT2D eigenvalue weighted by Crippen LogP contribution is -2.39. The first-order chi connectivity index (χ1) is 8.15. The summed E-state index contributed by atoms with van der Waals surface area (Å²) in [6, 6.07) is 10.3. The Balaban J connectivity index is 2.47. The predicted molar refractivity (Wildman–Crippen MR) is 77.8 cm³/mol. The molecule has 0 unspecified atom stereocenters. The molecule has 0 radical (unpaired) electrons. The van der Waals surface area contributed by atoms with Gasteiger partial charge in [-0.15, -0.1) is 11.8 Å². The van der Waals surface area contributed by atoms with Crippen LogP contribution in [0.25, 0.3) is 0 Å². The van der Waals surface area contributed by atoms with Crippen LogP contribution in [-0.2, 0) is 4.79 Å². The molecule has 0 bridgehead atoms. The molecule has 1 rings (SSSR count). The van der Waals surface area contributed by atoms with E-state index in [-0.39, 0.29) is 11.9 Å². The van der Waals surface area contributed by atoms with Gasteiger partial charge in [0.25, 0.3) is 0 Å². The average Bonchev–Trinajstić information content (AvgIpc) is 2.34. The summed E-state index contributed by atoms with van der Waals surface area (Å²) in [4.78, 5) is 15.1. The van der Waals surface area contributed by atoms with Crippen molar-refractivity contribution in [3.63, 3.8) is 0 Å². The van der Waals surface area contributed by atoms with Crippen LogP contribution in [0, 0.1) is 0 Å². The Morgan fingerprint density at radius 1 is 1.35 bits per heavy atom. The van der Waals surface area contributed by atoms with Crippen LogP contribution in [0.5, 0.6) is 0 Å². The zero-order valence-corrected chi connectivity index (χ0v) is 12.6. The van der Waals surface area contributed by atoms with E-state index in [1.165, 1.54) is 0 Å². The second kappa shape index (κ2) is 7.77. The molecule has 0 saturated heterocycles. The van der Waals surface area contributed by atoms with Crippen LogP contribution >= 0.6 is 27.7 Å². The zero-order valence-electron chi connectivity index (χ0n) is 10.2. The molecule has 0 atom stereocenters. The number of hydrogen-bond acceptors (Lipinski definition) is 2. The zero-order chi connectivity index (χ0) is 12.7. The molecule has 17 heavy (non-hydrogen) atoms. The van der Waals surface area contributed by atoms with E-state index in [1.807, 2.05) is 49.1 Å². The van der Waals surface area contributed by atoms with Crippen LogP contribution in [0.2, 0.25) is 0 Å². The number of carbonyl (C=O) groups excluding carboxylic acids is 1. The van der Waals surface area contributed by atoms with Crippen molar-refractivity contribution in [1.82, 2.24) is 4.90 Å². The molecule has 94 valence electrons. The maximum atomic E-state index is 12.0. The highest BCUT2D eigenvalue weighted by Gasteiger charge is 2.15. The molecule has 1 amide bonds. The molecule has 1 aromatic rings. The van der Waals surface area contributed by atoms with E-state index in [0.717, 1.165) is 16.8 Å². The lowest BCUT2D eigenvalue weighted by molar-refractivity contribution is -0.129. The molecule has 0 saturated carbocycles. The predicted octanol–water partition coefficient (Wildman–Crippen LogP) is 3.41. The fraction of sp³-hybridized carbons (Fsp3) is 0.462. The molecule has 0 aliphatic rings. The molecule has 0 N–H and O–H groups in total. The summed E-state index contributed by atoms with van der Waals surface area (Å²) in [6.07, 6.45) is 0. The molecule has 0 aromatic heterocycles. The van der Waals surface area contributed by atoms with Crippen LogP contribution < -0.4 is 0 Å². The number of halogens is 1. The largest absolute Gasteiger partial charge is 0.339 e. The molecule has 0 spiro atoms. The minimum atomic E-state index is 0.202. The molecule has 0 aliphatic carbocycles. The van der Waals surface area contributed by atoms with E-state index >= 15 is 0 Å². The van der Waals surface area contributed by atoms with Crippen molar-refractivity contribution < 1.29 is 4.79 Å². The molecule has 4 heteroatoms. The van der Waals surface area contributed by atoms with Gasteiger partial charge in [0.2, 0.25) is 5.91 Å². The highest BCUT2D eigenvalue weighted by Crippen LogP contribution is 2.17. The van der Waals surface area contributed by atoms with Gasteiger partial charge in [0.15, 0.2) is 0 Å². The Hall–Kier alpha value is -0.480. The van der Waals surface area contributed by atoms with Gasteiger partial charge in [0.05, 0.1) is 5.75 Å². The third-order valence-corrected chi connectivity index (χ3v) is 3.73. The van der Waals surface area contributed by atoms with E-state index in [9.17, 15) is 4.79 Å². The Labute approximate surface area is 116 Å². The van der Waals surface area contributed by atoms with E-state index in [4.69, 9.17) is 0 Å². The molecule has 2 nitrogen and oxygen atoms in total. The fourth-order valence-corrected chi connectivity index (χ4v) is 2.69. The summed E-state index contributed by atoms with van der Waals surface area (Å²) >= 11 is 4.98. The van der Waals surface area contributed by atoms with E-state index in [0.29, 0.717) is 5.75 Å². The van der Waals surface area contributed by atoms with Crippen LogP contribution in [0.4, 0.5) is 0 Å². The smallest absolute Gasteiger partial charge is 0.233 e. The first kappa shape index (κ1) is 14.6. The standard InChI is InChI=1S/C13H18BrNOS/c1-11(2)15(9-8-14)13(16)10-17-12-6-4-3-5-7-12/h3-7,11H,8-10H2,1-2H3. The number of hydrogen-bond donors (Lipinski definition) is 0. The van der Waals surface area contributed by atoms with Gasteiger partial charge in [-0.05, 0) is 26.0 Å². The number of nitrogens with zero attached hydrogens (tertiary/aromatic N) is 1. The van der Waals surface area contributed by atoms with Crippen LogP contribution in [0.15, 0.2) is 35.2 Å². The number of alkyl halides is 1. The SMILES string of the molecule is CC(C)N(CCBr)C(=O)CSc1ccccc1. The highest BCUT2D eigenvalue weighted by molar-refractivity contribution is 9.09. The van der Waals surface area contributed by atoms with Crippen molar-refractivity contribution in [2.75, 3.05) is 17.6 Å². The van der Waals surface area contributed by atoms with E-state index in [1.54, 1.807) is 11.8 Å². The Kier molecular flexibility index (Phi) is 6.66. The highest BCUT2D eigenvalue weighted by atomic mass is 79.9. The lowest BCUT2D eigenvalue weighted by atomic mass is 10.3. The molecular weight excluding hydrogens is 298 g/mol. The van der Waals surface area contributed by atoms with Gasteiger partial charge in [-0.3, -0.25) is 4.79 Å². The number of thioether (sulfide) groups is 1. The lowest BCUT2D eigenvalue weighted by Gasteiger charge is -2.25. The molecular formula is C13H18BrNOS. The summed E-state index contributed by atoms with van der Waals surface area (Å²) < 4.78 is 0. The van der Waals surface area contributed by atoms with Crippen molar-refractivity contribution in [3.05, 3.63) is 30.3 Å². The van der Waals surface area contributed by atoms with Gasteiger partial charge < -0.3 is 4.90 Å². The molecule has 0 aliphatic heterocycles. The Morgan fingerprint density at radius 3 is 2.53 bits per heavy atom. The topological polar surface area (TPSA) is 20.3 Å². The Bertz CT molecular complexity index is 343. The van der Waals surface area contributed by atoms with Crippen LogP contribution in [0.3, 0.4) is 0 Å². The first-order valence-corrected chi connectivity index (χ1v) is 7.79. The minimum Gasteiger partial charge on any atom is -0.339 e. The summed E-state index contributed by atoms with van der Waals surface area (Å²) in [7, 11) is 0. The average molecular weight is 316 g/mol. The number of rotatable bonds is 6. The third kappa shape index (κ3) is 5.13. The quantitative estimate of drug-likeness (QED) is 0.592. The summed E-state index contributed by atoms with van der Waals surface area (Å²) in [6.45, 7) is 4.87. The number of amides is 1. The maximum absolute atomic E-state index is 12.0. The van der Waals surface area contributed by atoms with Gasteiger partial charge in [-0.1, -0.05) is 34.1 Å². The monoisotopic (exact) mass is 315 g/mol. The Morgan fingerprint density at radius 2 is 2.00 bits per heavy atom. The van der Waals surface area contributed by atoms with Gasteiger partial charge >= 0.3 is 0 Å². The van der Waals surface area contributed by atoms with Crippen molar-refractivity contribution in [1.29, 1.82) is 0 Å². The van der Waals surface area contributed by atoms with Crippen molar-refractivity contribution >= 4 is 33.6 Å². The fourth-order valence-electron chi connectivity index (χ4n) is 1.51. The van der Waals surface area contributed by atoms with Crippen molar-refractivity contribution in [3.8, 4) is 0 Å². The van der Waals surface area contributed by atoms with Crippen LogP contribution in [0.1, 0.15) is 13.8 Å². The van der Waals surface area contributed by atoms with Crippen LogP contribution in [-0.4, -0.2) is 34.5 Å². The maximum Gasteiger partial charge on any atom is 0.233 e. The number of carbonyl (C=O) groups is 1. The minimum absolute atomic E-state index is 0.202. The summed E-state index contributed by atoms with van der Waals surface area (Å²) in [5.74, 6) is 0.711. The normalized spacial score (nSPS) is 10.6. The molecule has 0 fully saturated rings. The van der Waals surface area contributed by atoms with Crippen molar-refractivity contribution in [2.24, 2.45) is 0 Å². The summed E-state index contributed by atoms with van der Waals surface area (Å²) in [5.41, 5.74) is 0. The number of benzene rings is 1. The second-order valence-corrected chi connectivity index (χ2v) is 5.81. The van der Waals surface area contributed by atoms with Gasteiger partial charge in [-0.25, -0.2) is 0 Å². The molecule has 1 aromatic carbocycles. The van der Waals surface area contributed by atoms with Crippen molar-refractivity contribution in [2.45, 2.75) is 24.8 Å². The van der Waals surface area contributed by atoms with Gasteiger partial charge in [0.1, 0.15) is 0 Å². The van der Waals surface area contributed by atoms with E-state index < -0.39 is 0 Å². The molecule has 0 heterocycles. The van der Waals surface area contributed by atoms with Gasteiger partial charge in [-0.2, -0.15) is 0 Å². The summed E-state index contributed by atoms with van der Waals surface area (Å²) in [5, 5.41) is 0.826. The van der Waals surface area contributed by atoms with Gasteiger partial charge in [0, 0.05) is 22.8 Å². The van der Waals surface area contributed by atoms with E-state index in [2.05, 4.69) is 15.9 Å². The third-order valence-electron chi connectivity index (χ3n) is 2.37.